The van der Waals surface area contributed by atoms with Gasteiger partial charge in [-0.05, 0) is 13.8 Å². The Hall–Kier alpha value is -1.33. The van der Waals surface area contributed by atoms with E-state index in [1.807, 2.05) is 12.4 Å². The zero-order valence-electron chi connectivity index (χ0n) is 10.7. The van der Waals surface area contributed by atoms with Crippen LogP contribution in [0.2, 0.25) is 0 Å². The predicted molar refractivity (Wildman–Crippen MR) is 74.8 cm³/mol. The lowest BCUT2D eigenvalue weighted by atomic mass is 10.3. The number of hydrogen-bond acceptors (Lipinski definition) is 4. The molecule has 1 aliphatic heterocycles. The second-order valence-corrected chi connectivity index (χ2v) is 4.52. The summed E-state index contributed by atoms with van der Waals surface area (Å²) >= 11 is 0. The van der Waals surface area contributed by atoms with E-state index in [1.54, 1.807) is 0 Å². The minimum absolute atomic E-state index is 0. The monoisotopic (exact) mass is 267 g/mol. The number of piperazine rings is 1. The second kappa shape index (κ2) is 5.12. The molecule has 3 heterocycles. The third-order valence-electron chi connectivity index (χ3n) is 3.28. The van der Waals surface area contributed by atoms with Gasteiger partial charge in [0.1, 0.15) is 0 Å². The molecule has 1 N–H and O–H groups in total. The van der Waals surface area contributed by atoms with Crippen molar-refractivity contribution in [3.8, 4) is 0 Å². The molecule has 1 saturated heterocycles. The number of aromatic nitrogens is 3. The van der Waals surface area contributed by atoms with Gasteiger partial charge in [-0.15, -0.1) is 12.4 Å². The maximum absolute atomic E-state index is 4.56. The number of hydrogen-bond donors (Lipinski definition) is 1. The van der Waals surface area contributed by atoms with E-state index in [2.05, 4.69) is 38.4 Å². The summed E-state index contributed by atoms with van der Waals surface area (Å²) in [7, 11) is 0. The number of nitrogens with one attached hydrogen (secondary N) is 1. The summed E-state index contributed by atoms with van der Waals surface area (Å²) in [5, 5.41) is 3.35. The SMILES string of the molecule is Cc1cnc(N2CCNCC2)c2ncc(C)n12.Cl. The highest BCUT2D eigenvalue weighted by Crippen LogP contribution is 2.20. The van der Waals surface area contributed by atoms with Crippen LogP contribution in [0.4, 0.5) is 5.82 Å². The Bertz CT molecular complexity index is 545. The van der Waals surface area contributed by atoms with Crippen LogP contribution in [0, 0.1) is 13.8 Å². The molecule has 2 aromatic rings. The maximum Gasteiger partial charge on any atom is 0.180 e. The molecule has 0 saturated carbocycles. The number of imidazole rings is 1. The van der Waals surface area contributed by atoms with Crippen LogP contribution in [0.5, 0.6) is 0 Å². The van der Waals surface area contributed by atoms with Gasteiger partial charge in [-0.25, -0.2) is 9.97 Å². The largest absolute Gasteiger partial charge is 0.351 e. The molecule has 0 amide bonds. The van der Waals surface area contributed by atoms with Crippen molar-refractivity contribution in [2.75, 3.05) is 31.1 Å². The topological polar surface area (TPSA) is 45.5 Å². The van der Waals surface area contributed by atoms with Gasteiger partial charge < -0.3 is 10.2 Å². The first-order valence-electron chi connectivity index (χ1n) is 6.02. The lowest BCUT2D eigenvalue weighted by Crippen LogP contribution is -2.44. The van der Waals surface area contributed by atoms with E-state index >= 15 is 0 Å². The maximum atomic E-state index is 4.56. The molecule has 5 nitrogen and oxygen atoms in total. The molecule has 18 heavy (non-hydrogen) atoms. The Morgan fingerprint density at radius 1 is 1.06 bits per heavy atom. The Morgan fingerprint density at radius 2 is 1.67 bits per heavy atom. The molecule has 2 aromatic heterocycles. The summed E-state index contributed by atoms with van der Waals surface area (Å²) in [4.78, 5) is 11.4. The van der Waals surface area contributed by atoms with E-state index in [9.17, 15) is 0 Å². The number of rotatable bonds is 1. The van der Waals surface area contributed by atoms with Crippen LogP contribution >= 0.6 is 12.4 Å². The first-order chi connectivity index (χ1) is 8.27. The fourth-order valence-electron chi connectivity index (χ4n) is 2.41. The summed E-state index contributed by atoms with van der Waals surface area (Å²) in [6.45, 7) is 8.17. The van der Waals surface area contributed by atoms with Gasteiger partial charge in [0.25, 0.3) is 0 Å². The number of nitrogens with zero attached hydrogens (tertiary/aromatic N) is 4. The van der Waals surface area contributed by atoms with Crippen LogP contribution in [0.25, 0.3) is 5.65 Å². The molecule has 0 unspecified atom stereocenters. The van der Waals surface area contributed by atoms with Crippen molar-refractivity contribution in [2.45, 2.75) is 13.8 Å². The van der Waals surface area contributed by atoms with E-state index in [0.717, 1.165) is 49.0 Å². The molecule has 98 valence electrons. The van der Waals surface area contributed by atoms with Gasteiger partial charge >= 0.3 is 0 Å². The van der Waals surface area contributed by atoms with Gasteiger partial charge in [-0.1, -0.05) is 0 Å². The molecule has 0 radical (unpaired) electrons. The number of fused-ring (bicyclic) bond motifs is 1. The fraction of sp³-hybridized carbons (Fsp3) is 0.500. The molecule has 0 atom stereocenters. The van der Waals surface area contributed by atoms with E-state index < -0.39 is 0 Å². The first kappa shape index (κ1) is 13.1. The second-order valence-electron chi connectivity index (χ2n) is 4.52. The van der Waals surface area contributed by atoms with Gasteiger partial charge in [-0.3, -0.25) is 4.40 Å². The van der Waals surface area contributed by atoms with Crippen molar-refractivity contribution in [3.05, 3.63) is 23.8 Å². The smallest absolute Gasteiger partial charge is 0.180 e. The molecular formula is C12H18ClN5. The van der Waals surface area contributed by atoms with Crippen LogP contribution in [0.3, 0.4) is 0 Å². The summed E-state index contributed by atoms with van der Waals surface area (Å²) in [6, 6.07) is 0. The van der Waals surface area contributed by atoms with Crippen LogP contribution in [0.1, 0.15) is 11.4 Å². The summed E-state index contributed by atoms with van der Waals surface area (Å²) in [5.74, 6) is 1.00. The molecule has 0 spiro atoms. The minimum Gasteiger partial charge on any atom is -0.351 e. The lowest BCUT2D eigenvalue weighted by Gasteiger charge is -2.28. The normalized spacial score (nSPS) is 15.8. The number of anilines is 1. The standard InChI is InChI=1S/C12H17N5.ClH/c1-9-7-14-11(16-5-3-13-4-6-16)12-15-8-10(2)17(9)12;/h7-8,13H,3-6H2,1-2H3;1H. The van der Waals surface area contributed by atoms with Gasteiger partial charge in [0, 0.05) is 50.0 Å². The van der Waals surface area contributed by atoms with Crippen molar-refractivity contribution in [1.29, 1.82) is 0 Å². The molecule has 6 heteroatoms. The van der Waals surface area contributed by atoms with Crippen molar-refractivity contribution >= 4 is 23.9 Å². The highest BCUT2D eigenvalue weighted by atomic mass is 35.5. The first-order valence-corrected chi connectivity index (χ1v) is 6.02. The molecule has 0 aromatic carbocycles. The summed E-state index contributed by atoms with van der Waals surface area (Å²) in [5.41, 5.74) is 3.27. The summed E-state index contributed by atoms with van der Waals surface area (Å²) in [6.07, 6.45) is 3.84. The molecule has 1 aliphatic rings. The van der Waals surface area contributed by atoms with Crippen molar-refractivity contribution in [1.82, 2.24) is 19.7 Å². The molecular weight excluding hydrogens is 250 g/mol. The minimum atomic E-state index is 0. The Morgan fingerprint density at radius 3 is 2.33 bits per heavy atom. The molecule has 0 bridgehead atoms. The highest BCUT2D eigenvalue weighted by molar-refractivity contribution is 5.85. The zero-order chi connectivity index (χ0) is 11.8. The molecule has 0 aliphatic carbocycles. The molecule has 3 rings (SSSR count). The van der Waals surface area contributed by atoms with Gasteiger partial charge in [-0.2, -0.15) is 0 Å². The van der Waals surface area contributed by atoms with E-state index in [-0.39, 0.29) is 12.4 Å². The highest BCUT2D eigenvalue weighted by Gasteiger charge is 2.17. The van der Waals surface area contributed by atoms with Crippen LogP contribution in [0.15, 0.2) is 12.4 Å². The average Bonchev–Trinajstić information content (AvgIpc) is 2.74. The van der Waals surface area contributed by atoms with Crippen molar-refractivity contribution < 1.29 is 0 Å². The van der Waals surface area contributed by atoms with Crippen molar-refractivity contribution in [3.63, 3.8) is 0 Å². The molecule has 1 fully saturated rings. The third-order valence-corrected chi connectivity index (χ3v) is 3.28. The van der Waals surface area contributed by atoms with E-state index in [0.29, 0.717) is 0 Å². The Labute approximate surface area is 113 Å². The average molecular weight is 268 g/mol. The van der Waals surface area contributed by atoms with E-state index in [4.69, 9.17) is 0 Å². The fourth-order valence-corrected chi connectivity index (χ4v) is 2.41. The van der Waals surface area contributed by atoms with E-state index in [1.165, 1.54) is 0 Å². The Balaban J connectivity index is 0.00000120. The van der Waals surface area contributed by atoms with Gasteiger partial charge in [0.15, 0.2) is 11.5 Å². The predicted octanol–water partition coefficient (Wildman–Crippen LogP) is 1.18. The lowest BCUT2D eigenvalue weighted by molar-refractivity contribution is 0.585. The van der Waals surface area contributed by atoms with Gasteiger partial charge in [0.05, 0.1) is 0 Å². The van der Waals surface area contributed by atoms with Crippen LogP contribution in [-0.4, -0.2) is 40.5 Å². The van der Waals surface area contributed by atoms with Gasteiger partial charge in [0.2, 0.25) is 0 Å². The quantitative estimate of drug-likeness (QED) is 0.843. The third kappa shape index (κ3) is 2.04. The summed E-state index contributed by atoms with van der Waals surface area (Å²) < 4.78 is 2.17. The van der Waals surface area contributed by atoms with Crippen LogP contribution in [-0.2, 0) is 0 Å². The zero-order valence-corrected chi connectivity index (χ0v) is 11.5. The number of halogens is 1. The number of aryl methyl sites for hydroxylation is 2. The van der Waals surface area contributed by atoms with Crippen molar-refractivity contribution in [2.24, 2.45) is 0 Å². The van der Waals surface area contributed by atoms with Crippen LogP contribution < -0.4 is 10.2 Å². The Kier molecular flexibility index (Phi) is 3.73.